The van der Waals surface area contributed by atoms with Crippen LogP contribution in [0.1, 0.15) is 22.2 Å². The SMILES string of the molecule is CCSc1sc(C(=O)c2ccccc2)c(N)c1-[n+]1ccccc1. The van der Waals surface area contributed by atoms with Crippen molar-refractivity contribution in [2.75, 3.05) is 11.5 Å². The Morgan fingerprint density at radius 3 is 2.43 bits per heavy atom. The molecule has 0 radical (unpaired) electrons. The van der Waals surface area contributed by atoms with E-state index in [1.807, 2.05) is 65.5 Å². The zero-order chi connectivity index (χ0) is 16.2. The Hall–Kier alpha value is -2.11. The Balaban J connectivity index is 2.11. The van der Waals surface area contributed by atoms with Gasteiger partial charge in [0.05, 0.1) is 0 Å². The number of rotatable bonds is 5. The number of carbonyl (C=O) groups excluding carboxylic acids is 1. The van der Waals surface area contributed by atoms with Gasteiger partial charge in [0.15, 0.2) is 12.4 Å². The normalized spacial score (nSPS) is 10.7. The highest BCUT2D eigenvalue weighted by Crippen LogP contribution is 2.39. The summed E-state index contributed by atoms with van der Waals surface area (Å²) in [6.07, 6.45) is 3.91. The van der Waals surface area contributed by atoms with Crippen LogP contribution < -0.4 is 10.3 Å². The highest BCUT2D eigenvalue weighted by atomic mass is 32.2. The summed E-state index contributed by atoms with van der Waals surface area (Å²) >= 11 is 3.19. The van der Waals surface area contributed by atoms with Crippen molar-refractivity contribution in [3.05, 3.63) is 71.4 Å². The lowest BCUT2D eigenvalue weighted by atomic mass is 10.1. The van der Waals surface area contributed by atoms with Crippen LogP contribution in [0.2, 0.25) is 0 Å². The second-order valence-electron chi connectivity index (χ2n) is 4.89. The van der Waals surface area contributed by atoms with Gasteiger partial charge in [-0.2, -0.15) is 4.57 Å². The highest BCUT2D eigenvalue weighted by Gasteiger charge is 2.27. The van der Waals surface area contributed by atoms with Crippen LogP contribution in [-0.2, 0) is 0 Å². The van der Waals surface area contributed by atoms with Crippen LogP contribution >= 0.6 is 23.1 Å². The maximum Gasteiger partial charge on any atom is 0.259 e. The number of anilines is 1. The minimum absolute atomic E-state index is 0.0196. The van der Waals surface area contributed by atoms with Gasteiger partial charge in [-0.1, -0.05) is 43.3 Å². The summed E-state index contributed by atoms with van der Waals surface area (Å²) in [5.74, 6) is 0.910. The first kappa shape index (κ1) is 15.8. The van der Waals surface area contributed by atoms with Crippen LogP contribution in [0.4, 0.5) is 5.69 Å². The number of nitrogens with two attached hydrogens (primary N) is 1. The first-order chi connectivity index (χ1) is 11.2. The fourth-order valence-corrected chi connectivity index (χ4v) is 4.69. The molecule has 0 aliphatic carbocycles. The van der Waals surface area contributed by atoms with Crippen LogP contribution in [0.3, 0.4) is 0 Å². The average Bonchev–Trinajstić information content (AvgIpc) is 2.92. The molecule has 3 aromatic rings. The molecule has 0 spiro atoms. The third kappa shape index (κ3) is 3.16. The van der Waals surface area contributed by atoms with Crippen LogP contribution in [0.25, 0.3) is 5.69 Å². The number of carbonyl (C=O) groups is 1. The van der Waals surface area contributed by atoms with Crippen LogP contribution in [0.5, 0.6) is 0 Å². The molecule has 2 aromatic heterocycles. The van der Waals surface area contributed by atoms with E-state index in [4.69, 9.17) is 5.73 Å². The number of thioether (sulfide) groups is 1. The lowest BCUT2D eigenvalue weighted by Crippen LogP contribution is -2.30. The summed E-state index contributed by atoms with van der Waals surface area (Å²) in [5, 5.41) is 0. The van der Waals surface area contributed by atoms with Crippen molar-refractivity contribution < 1.29 is 9.36 Å². The number of nitrogen functional groups attached to an aromatic ring is 1. The van der Waals surface area contributed by atoms with Crippen molar-refractivity contribution in [2.45, 2.75) is 11.1 Å². The molecule has 0 fully saturated rings. The third-order valence-corrected chi connectivity index (χ3v) is 5.72. The Morgan fingerprint density at radius 2 is 1.78 bits per heavy atom. The molecule has 0 bridgehead atoms. The lowest BCUT2D eigenvalue weighted by Gasteiger charge is -1.99. The minimum Gasteiger partial charge on any atom is -0.392 e. The Kier molecular flexibility index (Phi) is 4.79. The topological polar surface area (TPSA) is 47.0 Å². The summed E-state index contributed by atoms with van der Waals surface area (Å²) in [6, 6.07) is 15.1. The summed E-state index contributed by atoms with van der Waals surface area (Å²) in [6.45, 7) is 2.10. The molecule has 0 saturated carbocycles. The van der Waals surface area contributed by atoms with Crippen LogP contribution in [-0.4, -0.2) is 11.5 Å². The van der Waals surface area contributed by atoms with Gasteiger partial charge in [0.1, 0.15) is 14.8 Å². The fraction of sp³-hybridized carbons (Fsp3) is 0.111. The number of nitrogens with zero attached hydrogens (tertiary/aromatic N) is 1. The van der Waals surface area contributed by atoms with Crippen LogP contribution in [0, 0.1) is 0 Å². The Morgan fingerprint density at radius 1 is 1.13 bits per heavy atom. The molecule has 2 heterocycles. The van der Waals surface area contributed by atoms with E-state index < -0.39 is 0 Å². The van der Waals surface area contributed by atoms with Gasteiger partial charge in [-0.3, -0.25) is 4.79 Å². The number of hydrogen-bond donors (Lipinski definition) is 1. The molecule has 0 saturated heterocycles. The van der Waals surface area contributed by atoms with E-state index in [0.717, 1.165) is 15.6 Å². The smallest absolute Gasteiger partial charge is 0.259 e. The molecule has 3 nitrogen and oxygen atoms in total. The molecule has 116 valence electrons. The van der Waals surface area contributed by atoms with Gasteiger partial charge in [0.25, 0.3) is 5.69 Å². The molecular formula is C18H17N2OS2+. The maximum atomic E-state index is 12.8. The van der Waals surface area contributed by atoms with Gasteiger partial charge in [0.2, 0.25) is 5.78 Å². The second-order valence-corrected chi connectivity index (χ2v) is 7.45. The largest absolute Gasteiger partial charge is 0.392 e. The van der Waals surface area contributed by atoms with Gasteiger partial charge in [0, 0.05) is 17.7 Å². The van der Waals surface area contributed by atoms with Crippen molar-refractivity contribution in [2.24, 2.45) is 0 Å². The molecule has 1 aromatic carbocycles. The quantitative estimate of drug-likeness (QED) is 0.434. The van der Waals surface area contributed by atoms with E-state index in [2.05, 4.69) is 6.92 Å². The van der Waals surface area contributed by atoms with E-state index in [1.54, 1.807) is 11.8 Å². The Bertz CT molecular complexity index is 814. The molecule has 0 atom stereocenters. The van der Waals surface area contributed by atoms with Crippen molar-refractivity contribution in [1.29, 1.82) is 0 Å². The molecule has 23 heavy (non-hydrogen) atoms. The van der Waals surface area contributed by atoms with E-state index in [0.29, 0.717) is 16.1 Å². The van der Waals surface area contributed by atoms with Crippen molar-refractivity contribution in [3.63, 3.8) is 0 Å². The van der Waals surface area contributed by atoms with Gasteiger partial charge in [-0.25, -0.2) is 0 Å². The first-order valence-corrected chi connectivity index (χ1v) is 9.14. The van der Waals surface area contributed by atoms with E-state index in [9.17, 15) is 4.79 Å². The number of hydrogen-bond acceptors (Lipinski definition) is 4. The van der Waals surface area contributed by atoms with Gasteiger partial charge < -0.3 is 5.73 Å². The maximum absolute atomic E-state index is 12.8. The zero-order valence-electron chi connectivity index (χ0n) is 12.7. The summed E-state index contributed by atoms with van der Waals surface area (Å²) in [7, 11) is 0. The van der Waals surface area contributed by atoms with Gasteiger partial charge in [-0.15, -0.1) is 23.1 Å². The fourth-order valence-electron chi connectivity index (χ4n) is 2.32. The number of ketones is 1. The Labute approximate surface area is 143 Å². The second kappa shape index (κ2) is 6.98. The molecule has 0 aliphatic heterocycles. The van der Waals surface area contributed by atoms with Crippen molar-refractivity contribution in [1.82, 2.24) is 0 Å². The highest BCUT2D eigenvalue weighted by molar-refractivity contribution is 8.01. The number of aromatic nitrogens is 1. The standard InChI is InChI=1S/C18H16N2OS2/c1-2-22-18-15(20-11-7-4-8-12-20)14(19)17(23-18)16(21)13-9-5-3-6-10-13/h3-12H,2H2,1H3,(H-,19,21)/p+1. The monoisotopic (exact) mass is 341 g/mol. The van der Waals surface area contributed by atoms with Gasteiger partial charge in [-0.05, 0) is 5.75 Å². The summed E-state index contributed by atoms with van der Waals surface area (Å²) < 4.78 is 3.05. The number of thiophene rings is 1. The van der Waals surface area contributed by atoms with E-state index >= 15 is 0 Å². The lowest BCUT2D eigenvalue weighted by molar-refractivity contribution is -0.596. The minimum atomic E-state index is -0.0196. The molecule has 0 aliphatic rings. The van der Waals surface area contributed by atoms with Crippen molar-refractivity contribution >= 4 is 34.6 Å². The molecule has 2 N–H and O–H groups in total. The molecule has 3 rings (SSSR count). The average molecular weight is 341 g/mol. The van der Waals surface area contributed by atoms with Gasteiger partial charge >= 0.3 is 0 Å². The van der Waals surface area contributed by atoms with Crippen molar-refractivity contribution in [3.8, 4) is 5.69 Å². The third-order valence-electron chi connectivity index (χ3n) is 3.38. The number of benzene rings is 1. The summed E-state index contributed by atoms with van der Waals surface area (Å²) in [4.78, 5) is 13.4. The zero-order valence-corrected chi connectivity index (χ0v) is 14.4. The molecule has 0 amide bonds. The molecule has 5 heteroatoms. The summed E-state index contributed by atoms with van der Waals surface area (Å²) in [5.41, 5.74) is 8.48. The first-order valence-electron chi connectivity index (χ1n) is 7.33. The predicted molar refractivity (Wildman–Crippen MR) is 96.5 cm³/mol. The van der Waals surface area contributed by atoms with E-state index in [1.165, 1.54) is 11.3 Å². The molecular weight excluding hydrogens is 324 g/mol. The van der Waals surface area contributed by atoms with Crippen LogP contribution in [0.15, 0.2) is 65.1 Å². The molecule has 0 unspecified atom stereocenters. The van der Waals surface area contributed by atoms with E-state index in [-0.39, 0.29) is 5.78 Å². The predicted octanol–water partition coefficient (Wildman–Crippen LogP) is 3.95. The number of pyridine rings is 1.